The topological polar surface area (TPSA) is 73.6 Å². The highest BCUT2D eigenvalue weighted by molar-refractivity contribution is 5.68. The highest BCUT2D eigenvalue weighted by atomic mass is 16.5. The molecule has 0 spiro atoms. The van der Waals surface area contributed by atoms with Crippen LogP contribution in [0.25, 0.3) is 0 Å². The van der Waals surface area contributed by atoms with Crippen molar-refractivity contribution < 1.29 is 14.3 Å². The van der Waals surface area contributed by atoms with Gasteiger partial charge in [-0.05, 0) is 66.8 Å². The van der Waals surface area contributed by atoms with Crippen LogP contribution in [0, 0.1) is 0 Å². The van der Waals surface area contributed by atoms with Crippen LogP contribution in [0.3, 0.4) is 0 Å². The summed E-state index contributed by atoms with van der Waals surface area (Å²) in [5.41, 5.74) is 8.58. The van der Waals surface area contributed by atoms with Gasteiger partial charge in [0.15, 0.2) is 0 Å². The first-order chi connectivity index (χ1) is 13.2. The SMILES string of the molecule is CCCCCCNCc1ccc2c(c1)CCc1cc(OC(N)=O)ccc1O2. The molecule has 5 heteroatoms. The summed E-state index contributed by atoms with van der Waals surface area (Å²) in [7, 11) is 0. The van der Waals surface area contributed by atoms with Gasteiger partial charge in [0, 0.05) is 6.54 Å². The molecule has 1 heterocycles. The Hall–Kier alpha value is -2.53. The summed E-state index contributed by atoms with van der Waals surface area (Å²) >= 11 is 0. The van der Waals surface area contributed by atoms with Crippen LogP contribution in [0.4, 0.5) is 4.79 Å². The number of hydrogen-bond acceptors (Lipinski definition) is 4. The van der Waals surface area contributed by atoms with Crippen LogP contribution < -0.4 is 20.5 Å². The van der Waals surface area contributed by atoms with Gasteiger partial charge in [-0.1, -0.05) is 38.3 Å². The fraction of sp³-hybridized carbons (Fsp3) is 0.409. The molecule has 0 aromatic heterocycles. The van der Waals surface area contributed by atoms with Crippen molar-refractivity contribution in [1.82, 2.24) is 5.32 Å². The molecule has 27 heavy (non-hydrogen) atoms. The fourth-order valence-corrected chi connectivity index (χ4v) is 3.37. The minimum Gasteiger partial charge on any atom is -0.457 e. The third kappa shape index (κ3) is 5.47. The predicted molar refractivity (Wildman–Crippen MR) is 106 cm³/mol. The number of carbonyl (C=O) groups is 1. The van der Waals surface area contributed by atoms with Crippen LogP contribution in [0.15, 0.2) is 36.4 Å². The molecule has 0 unspecified atom stereocenters. The van der Waals surface area contributed by atoms with Gasteiger partial charge in [0.25, 0.3) is 0 Å². The lowest BCUT2D eigenvalue weighted by atomic mass is 10.0. The first-order valence-corrected chi connectivity index (χ1v) is 9.76. The number of nitrogens with one attached hydrogen (secondary N) is 1. The summed E-state index contributed by atoms with van der Waals surface area (Å²) in [6.45, 7) is 4.17. The Labute approximate surface area is 160 Å². The van der Waals surface area contributed by atoms with E-state index >= 15 is 0 Å². The zero-order valence-electron chi connectivity index (χ0n) is 15.9. The lowest BCUT2D eigenvalue weighted by molar-refractivity contribution is 0.211. The Morgan fingerprint density at radius 1 is 1.07 bits per heavy atom. The number of carbonyl (C=O) groups excluding carboxylic acids is 1. The molecule has 2 aromatic carbocycles. The van der Waals surface area contributed by atoms with Crippen molar-refractivity contribution in [2.24, 2.45) is 5.73 Å². The fourth-order valence-electron chi connectivity index (χ4n) is 3.37. The van der Waals surface area contributed by atoms with E-state index in [9.17, 15) is 4.79 Å². The molecule has 0 radical (unpaired) electrons. The molecule has 0 atom stereocenters. The van der Waals surface area contributed by atoms with Crippen molar-refractivity contribution in [1.29, 1.82) is 0 Å². The van der Waals surface area contributed by atoms with E-state index < -0.39 is 6.09 Å². The molecule has 0 aliphatic carbocycles. The lowest BCUT2D eigenvalue weighted by Crippen LogP contribution is -2.16. The van der Waals surface area contributed by atoms with Crippen molar-refractivity contribution in [3.05, 3.63) is 53.1 Å². The second-order valence-electron chi connectivity index (χ2n) is 6.97. The monoisotopic (exact) mass is 368 g/mol. The standard InChI is InChI=1S/C22H28N2O3/c1-2-3-4-5-12-24-15-16-6-10-20-17(13-16)7-8-18-14-19(26-22(23)25)9-11-21(18)27-20/h6,9-11,13-14,24H,2-5,7-8,12,15H2,1H3,(H2,23,25). The summed E-state index contributed by atoms with van der Waals surface area (Å²) in [6.07, 6.45) is 6.00. The molecule has 0 fully saturated rings. The molecular formula is C22H28N2O3. The van der Waals surface area contributed by atoms with E-state index in [1.165, 1.54) is 36.8 Å². The molecule has 3 N–H and O–H groups in total. The van der Waals surface area contributed by atoms with E-state index in [-0.39, 0.29) is 0 Å². The second kappa shape index (κ2) is 9.42. The van der Waals surface area contributed by atoms with Crippen LogP contribution in [-0.2, 0) is 19.4 Å². The summed E-state index contributed by atoms with van der Waals surface area (Å²) in [5, 5.41) is 3.52. The average molecular weight is 368 g/mol. The maximum absolute atomic E-state index is 10.9. The Morgan fingerprint density at radius 3 is 2.56 bits per heavy atom. The van der Waals surface area contributed by atoms with Crippen molar-refractivity contribution in [2.75, 3.05) is 6.54 Å². The molecule has 0 saturated heterocycles. The Morgan fingerprint density at radius 2 is 1.81 bits per heavy atom. The van der Waals surface area contributed by atoms with E-state index in [1.54, 1.807) is 6.07 Å². The molecule has 1 amide bonds. The molecule has 2 aromatic rings. The number of aryl methyl sites for hydroxylation is 2. The van der Waals surface area contributed by atoms with Gasteiger partial charge in [-0.3, -0.25) is 0 Å². The van der Waals surface area contributed by atoms with Gasteiger partial charge in [-0.25, -0.2) is 4.79 Å². The van der Waals surface area contributed by atoms with Gasteiger partial charge in [0.05, 0.1) is 0 Å². The largest absolute Gasteiger partial charge is 0.457 e. The number of ether oxygens (including phenoxy) is 2. The van der Waals surface area contributed by atoms with Crippen molar-refractivity contribution in [3.8, 4) is 17.2 Å². The van der Waals surface area contributed by atoms with Gasteiger partial charge in [-0.15, -0.1) is 0 Å². The maximum Gasteiger partial charge on any atom is 0.409 e. The molecule has 0 saturated carbocycles. The smallest absolute Gasteiger partial charge is 0.409 e. The van der Waals surface area contributed by atoms with E-state index in [4.69, 9.17) is 15.2 Å². The van der Waals surface area contributed by atoms with E-state index in [0.29, 0.717) is 5.75 Å². The summed E-state index contributed by atoms with van der Waals surface area (Å²) in [5.74, 6) is 2.14. The normalized spacial score (nSPS) is 12.5. The number of fused-ring (bicyclic) bond motifs is 2. The molecule has 3 rings (SSSR count). The van der Waals surface area contributed by atoms with Crippen LogP contribution >= 0.6 is 0 Å². The van der Waals surface area contributed by atoms with Crippen molar-refractivity contribution >= 4 is 6.09 Å². The van der Waals surface area contributed by atoms with Crippen molar-refractivity contribution in [3.63, 3.8) is 0 Å². The zero-order chi connectivity index (χ0) is 19.1. The van der Waals surface area contributed by atoms with E-state index in [0.717, 1.165) is 43.0 Å². The first-order valence-electron chi connectivity index (χ1n) is 9.76. The van der Waals surface area contributed by atoms with E-state index in [1.807, 2.05) is 18.2 Å². The molecule has 1 aliphatic heterocycles. The lowest BCUT2D eigenvalue weighted by Gasteiger charge is -2.11. The van der Waals surface area contributed by atoms with Crippen LogP contribution in [0.1, 0.15) is 49.3 Å². The molecular weight excluding hydrogens is 340 g/mol. The third-order valence-electron chi connectivity index (χ3n) is 4.80. The molecule has 5 nitrogen and oxygen atoms in total. The number of rotatable bonds is 8. The molecule has 1 aliphatic rings. The minimum absolute atomic E-state index is 0.448. The van der Waals surface area contributed by atoms with Gasteiger partial charge in [0.2, 0.25) is 0 Å². The second-order valence-corrected chi connectivity index (χ2v) is 6.97. The van der Waals surface area contributed by atoms with Crippen LogP contribution in [0.2, 0.25) is 0 Å². The minimum atomic E-state index is -0.806. The molecule has 0 bridgehead atoms. The van der Waals surface area contributed by atoms with Gasteiger partial charge in [0.1, 0.15) is 17.2 Å². The Bertz CT molecular complexity index is 789. The number of primary amides is 1. The number of hydrogen-bond donors (Lipinski definition) is 2. The maximum atomic E-state index is 10.9. The number of unbranched alkanes of at least 4 members (excludes halogenated alkanes) is 3. The van der Waals surface area contributed by atoms with Crippen LogP contribution in [-0.4, -0.2) is 12.6 Å². The summed E-state index contributed by atoms with van der Waals surface area (Å²) in [4.78, 5) is 10.9. The number of nitrogens with two attached hydrogens (primary N) is 1. The first kappa shape index (κ1) is 19.2. The van der Waals surface area contributed by atoms with Gasteiger partial charge >= 0.3 is 6.09 Å². The summed E-state index contributed by atoms with van der Waals surface area (Å²) < 4.78 is 11.1. The third-order valence-corrected chi connectivity index (χ3v) is 4.80. The Kier molecular flexibility index (Phi) is 6.71. The van der Waals surface area contributed by atoms with Crippen molar-refractivity contribution in [2.45, 2.75) is 52.0 Å². The highest BCUT2D eigenvalue weighted by Crippen LogP contribution is 2.35. The average Bonchev–Trinajstić information content (AvgIpc) is 2.83. The number of benzene rings is 2. The number of amides is 1. The van der Waals surface area contributed by atoms with Crippen LogP contribution in [0.5, 0.6) is 17.2 Å². The molecule has 144 valence electrons. The predicted octanol–water partition coefficient (Wildman–Crippen LogP) is 4.70. The van der Waals surface area contributed by atoms with Gasteiger partial charge < -0.3 is 20.5 Å². The Balaban J connectivity index is 1.61. The van der Waals surface area contributed by atoms with E-state index in [2.05, 4.69) is 24.4 Å². The zero-order valence-corrected chi connectivity index (χ0v) is 15.9. The summed E-state index contributed by atoms with van der Waals surface area (Å²) in [6, 6.07) is 11.7. The quantitative estimate of drug-likeness (QED) is 0.662. The highest BCUT2D eigenvalue weighted by Gasteiger charge is 2.16. The van der Waals surface area contributed by atoms with Gasteiger partial charge in [-0.2, -0.15) is 0 Å².